The van der Waals surface area contributed by atoms with Gasteiger partial charge in [-0.2, -0.15) is 0 Å². The summed E-state index contributed by atoms with van der Waals surface area (Å²) in [5, 5.41) is 0. The molecular formula is C17H31O3SSi. The van der Waals surface area contributed by atoms with Gasteiger partial charge in [-0.15, -0.1) is 11.8 Å². The molecule has 0 atom stereocenters. The summed E-state index contributed by atoms with van der Waals surface area (Å²) >= 11 is 1.95. The van der Waals surface area contributed by atoms with Crippen molar-refractivity contribution in [3.63, 3.8) is 0 Å². The Kier molecular flexibility index (Phi) is 15.3. The first-order valence-electron chi connectivity index (χ1n) is 8.18. The smallest absolute Gasteiger partial charge is 0.371 e. The first-order chi connectivity index (χ1) is 10.7. The number of benzene rings is 1. The van der Waals surface area contributed by atoms with Crippen molar-refractivity contribution in [1.29, 1.82) is 0 Å². The highest BCUT2D eigenvalue weighted by Gasteiger charge is 2.15. The molecule has 0 saturated carbocycles. The maximum absolute atomic E-state index is 5.18. The van der Waals surface area contributed by atoms with Crippen LogP contribution in [0.4, 0.5) is 0 Å². The summed E-state index contributed by atoms with van der Waals surface area (Å²) in [6.07, 6.45) is 2.39. The van der Waals surface area contributed by atoms with E-state index in [2.05, 4.69) is 38.1 Å². The molecule has 0 aromatic heterocycles. The fourth-order valence-electron chi connectivity index (χ4n) is 1.55. The molecule has 3 nitrogen and oxygen atoms in total. The molecule has 1 aromatic rings. The number of hydrogen-bond donors (Lipinski definition) is 0. The second-order valence-electron chi connectivity index (χ2n) is 4.40. The maximum Gasteiger partial charge on any atom is 0.577 e. The number of hydrogen-bond acceptors (Lipinski definition) is 4. The van der Waals surface area contributed by atoms with Gasteiger partial charge in [0.15, 0.2) is 0 Å². The van der Waals surface area contributed by atoms with Crippen molar-refractivity contribution >= 4 is 21.3 Å². The van der Waals surface area contributed by atoms with E-state index in [1.54, 1.807) is 0 Å². The molecule has 0 bridgehead atoms. The van der Waals surface area contributed by atoms with Gasteiger partial charge in [-0.05, 0) is 57.1 Å². The van der Waals surface area contributed by atoms with Crippen LogP contribution in [0.2, 0.25) is 0 Å². The van der Waals surface area contributed by atoms with Gasteiger partial charge >= 0.3 is 9.53 Å². The van der Waals surface area contributed by atoms with Gasteiger partial charge in [0, 0.05) is 24.7 Å². The van der Waals surface area contributed by atoms with E-state index in [4.69, 9.17) is 13.3 Å². The van der Waals surface area contributed by atoms with Crippen LogP contribution in [0.25, 0.3) is 0 Å². The van der Waals surface area contributed by atoms with E-state index in [9.17, 15) is 0 Å². The molecule has 22 heavy (non-hydrogen) atoms. The van der Waals surface area contributed by atoms with Gasteiger partial charge in [0.25, 0.3) is 0 Å². The van der Waals surface area contributed by atoms with Crippen molar-refractivity contribution in [1.82, 2.24) is 0 Å². The lowest BCUT2D eigenvalue weighted by molar-refractivity contribution is 0.107. The molecule has 1 radical (unpaired) electrons. The SMILES string of the molecule is CCCSc1cccc(CC)c1.CCO[Si](OCC)OCC. The van der Waals surface area contributed by atoms with Gasteiger partial charge in [-0.25, -0.2) is 0 Å². The molecule has 0 N–H and O–H groups in total. The molecule has 5 heteroatoms. The first-order valence-corrected chi connectivity index (χ1v) is 10.4. The summed E-state index contributed by atoms with van der Waals surface area (Å²) in [5.41, 5.74) is 1.44. The predicted molar refractivity (Wildman–Crippen MR) is 97.5 cm³/mol. The third-order valence-corrected chi connectivity index (χ3v) is 5.34. The largest absolute Gasteiger partial charge is 0.577 e. The summed E-state index contributed by atoms with van der Waals surface area (Å²) in [4.78, 5) is 1.41. The van der Waals surface area contributed by atoms with Crippen molar-refractivity contribution in [3.05, 3.63) is 29.8 Å². The Balaban J connectivity index is 0.000000409. The minimum atomic E-state index is -1.40. The van der Waals surface area contributed by atoms with Gasteiger partial charge in [-0.3, -0.25) is 0 Å². The normalized spacial score (nSPS) is 10.5. The van der Waals surface area contributed by atoms with Crippen LogP contribution in [0.3, 0.4) is 0 Å². The lowest BCUT2D eigenvalue weighted by Crippen LogP contribution is -2.27. The Labute approximate surface area is 142 Å². The molecule has 0 aliphatic carbocycles. The standard InChI is InChI=1S/C11H16S.C6H15O3Si/c1-3-8-12-11-7-5-6-10(4-2)9-11;1-4-7-10(8-5-2)9-6-3/h5-7,9H,3-4,8H2,1-2H3;4-6H2,1-3H3. The zero-order valence-corrected chi connectivity index (χ0v) is 16.5. The molecule has 0 aliphatic heterocycles. The molecule has 1 aromatic carbocycles. The average Bonchev–Trinajstić information content (AvgIpc) is 2.54. The van der Waals surface area contributed by atoms with E-state index >= 15 is 0 Å². The highest BCUT2D eigenvalue weighted by Crippen LogP contribution is 2.19. The Bertz CT molecular complexity index is 349. The summed E-state index contributed by atoms with van der Waals surface area (Å²) in [5.74, 6) is 1.23. The van der Waals surface area contributed by atoms with Crippen LogP contribution in [0.15, 0.2) is 29.2 Å². The molecule has 0 unspecified atom stereocenters. The van der Waals surface area contributed by atoms with Crippen LogP contribution in [0, 0.1) is 0 Å². The molecular weight excluding hydrogens is 312 g/mol. The number of aryl methyl sites for hydroxylation is 1. The molecule has 0 aliphatic rings. The molecule has 0 spiro atoms. The molecule has 0 amide bonds. The monoisotopic (exact) mass is 343 g/mol. The van der Waals surface area contributed by atoms with E-state index in [0.29, 0.717) is 19.8 Å². The van der Waals surface area contributed by atoms with E-state index in [0.717, 1.165) is 6.42 Å². The van der Waals surface area contributed by atoms with Gasteiger partial charge in [0.2, 0.25) is 0 Å². The summed E-state index contributed by atoms with van der Waals surface area (Å²) < 4.78 is 15.5. The molecule has 127 valence electrons. The highest BCUT2D eigenvalue weighted by atomic mass is 32.2. The summed E-state index contributed by atoms with van der Waals surface area (Å²) in [6, 6.07) is 8.83. The third-order valence-electron chi connectivity index (χ3n) is 2.57. The fraction of sp³-hybridized carbons (Fsp3) is 0.647. The van der Waals surface area contributed by atoms with Crippen LogP contribution < -0.4 is 0 Å². The zero-order valence-electron chi connectivity index (χ0n) is 14.7. The lowest BCUT2D eigenvalue weighted by Gasteiger charge is -2.10. The lowest BCUT2D eigenvalue weighted by atomic mass is 10.2. The summed E-state index contributed by atoms with van der Waals surface area (Å²) in [6.45, 7) is 12.2. The van der Waals surface area contributed by atoms with Crippen LogP contribution in [0.1, 0.15) is 46.6 Å². The fourth-order valence-corrected chi connectivity index (χ4v) is 3.36. The molecule has 0 saturated heterocycles. The molecule has 1 rings (SSSR count). The van der Waals surface area contributed by atoms with Crippen molar-refractivity contribution < 1.29 is 13.3 Å². The second-order valence-corrected chi connectivity index (χ2v) is 6.93. The Hall–Kier alpha value is -0.333. The second kappa shape index (κ2) is 15.6. The van der Waals surface area contributed by atoms with E-state index in [1.165, 1.54) is 22.6 Å². The Morgan fingerprint density at radius 1 is 0.909 bits per heavy atom. The Morgan fingerprint density at radius 3 is 1.95 bits per heavy atom. The molecule has 0 fully saturated rings. The van der Waals surface area contributed by atoms with E-state index < -0.39 is 9.53 Å². The predicted octanol–water partition coefficient (Wildman–Crippen LogP) is 4.83. The maximum atomic E-state index is 5.18. The van der Waals surface area contributed by atoms with Crippen LogP contribution >= 0.6 is 11.8 Å². The first kappa shape index (κ1) is 21.7. The van der Waals surface area contributed by atoms with Crippen molar-refractivity contribution in [2.45, 2.75) is 52.4 Å². The highest BCUT2D eigenvalue weighted by molar-refractivity contribution is 7.99. The van der Waals surface area contributed by atoms with Crippen molar-refractivity contribution in [2.24, 2.45) is 0 Å². The van der Waals surface area contributed by atoms with E-state index in [1.807, 2.05) is 32.5 Å². The van der Waals surface area contributed by atoms with E-state index in [-0.39, 0.29) is 0 Å². The number of rotatable bonds is 10. The quantitative estimate of drug-likeness (QED) is 0.449. The average molecular weight is 344 g/mol. The minimum absolute atomic E-state index is 0.661. The van der Waals surface area contributed by atoms with Crippen LogP contribution in [-0.2, 0) is 19.7 Å². The molecule has 0 heterocycles. The zero-order chi connectivity index (χ0) is 16.6. The van der Waals surface area contributed by atoms with Gasteiger partial charge in [0.1, 0.15) is 0 Å². The minimum Gasteiger partial charge on any atom is -0.371 e. The van der Waals surface area contributed by atoms with Gasteiger partial charge in [-0.1, -0.05) is 26.0 Å². The topological polar surface area (TPSA) is 27.7 Å². The summed E-state index contributed by atoms with van der Waals surface area (Å²) in [7, 11) is -1.40. The van der Waals surface area contributed by atoms with Gasteiger partial charge < -0.3 is 13.3 Å². The third kappa shape index (κ3) is 11.3. The van der Waals surface area contributed by atoms with Gasteiger partial charge in [0.05, 0.1) is 0 Å². The van der Waals surface area contributed by atoms with Crippen LogP contribution in [-0.4, -0.2) is 35.1 Å². The number of thioether (sulfide) groups is 1. The van der Waals surface area contributed by atoms with Crippen molar-refractivity contribution in [3.8, 4) is 0 Å². The Morgan fingerprint density at radius 2 is 1.50 bits per heavy atom. The van der Waals surface area contributed by atoms with Crippen molar-refractivity contribution in [2.75, 3.05) is 25.6 Å². The van der Waals surface area contributed by atoms with Crippen LogP contribution in [0.5, 0.6) is 0 Å².